The van der Waals surface area contributed by atoms with Crippen molar-refractivity contribution in [1.29, 1.82) is 0 Å². The third-order valence-electron chi connectivity index (χ3n) is 3.39. The van der Waals surface area contributed by atoms with Gasteiger partial charge < -0.3 is 10.0 Å². The Kier molecular flexibility index (Phi) is 2.98. The zero-order chi connectivity index (χ0) is 13.2. The molecule has 8 heteroatoms. The number of hydrogen-bond acceptors (Lipinski definition) is 6. The van der Waals surface area contributed by atoms with E-state index in [9.17, 15) is 9.90 Å². The van der Waals surface area contributed by atoms with Crippen LogP contribution in [0.5, 0.6) is 0 Å². The van der Waals surface area contributed by atoms with Crippen molar-refractivity contribution in [2.45, 2.75) is 31.7 Å². The molecule has 100 valence electrons. The Morgan fingerprint density at radius 3 is 3.05 bits per heavy atom. The maximum absolute atomic E-state index is 11.4. The van der Waals surface area contributed by atoms with Crippen molar-refractivity contribution in [3.05, 3.63) is 12.1 Å². The molecule has 0 bridgehead atoms. The molecule has 1 aliphatic heterocycles. The number of carbonyl (C=O) groups is 1. The molecule has 2 aromatic rings. The van der Waals surface area contributed by atoms with Gasteiger partial charge >= 0.3 is 5.97 Å². The highest BCUT2D eigenvalue weighted by atomic mass is 16.4. The lowest BCUT2D eigenvalue weighted by molar-refractivity contribution is -0.138. The molecule has 8 nitrogen and oxygen atoms in total. The predicted molar refractivity (Wildman–Crippen MR) is 65.8 cm³/mol. The molecule has 1 fully saturated rings. The van der Waals surface area contributed by atoms with E-state index < -0.39 is 12.0 Å². The summed E-state index contributed by atoms with van der Waals surface area (Å²) < 4.78 is 1.32. The van der Waals surface area contributed by atoms with Crippen molar-refractivity contribution < 1.29 is 9.90 Å². The molecule has 1 aliphatic rings. The summed E-state index contributed by atoms with van der Waals surface area (Å²) in [6.07, 6.45) is 3.59. The molecule has 19 heavy (non-hydrogen) atoms. The largest absolute Gasteiger partial charge is 0.480 e. The van der Waals surface area contributed by atoms with E-state index in [4.69, 9.17) is 0 Å². The summed E-state index contributed by atoms with van der Waals surface area (Å²) in [7, 11) is 0. The Labute approximate surface area is 109 Å². The van der Waals surface area contributed by atoms with Gasteiger partial charge in [0.1, 0.15) is 6.04 Å². The number of aliphatic carboxylic acids is 1. The Morgan fingerprint density at radius 1 is 1.32 bits per heavy atom. The molecule has 0 saturated carbocycles. The van der Waals surface area contributed by atoms with Crippen molar-refractivity contribution in [1.82, 2.24) is 25.3 Å². The Bertz CT molecular complexity index is 598. The molecule has 2 aromatic heterocycles. The smallest absolute Gasteiger partial charge is 0.326 e. The second-order valence-corrected chi connectivity index (χ2v) is 4.61. The highest BCUT2D eigenvalue weighted by molar-refractivity contribution is 5.77. The molecule has 0 radical (unpaired) electrons. The van der Waals surface area contributed by atoms with E-state index in [-0.39, 0.29) is 0 Å². The van der Waals surface area contributed by atoms with Crippen LogP contribution in [0.3, 0.4) is 0 Å². The van der Waals surface area contributed by atoms with Crippen LogP contribution in [0.4, 0.5) is 5.82 Å². The van der Waals surface area contributed by atoms with E-state index in [1.54, 1.807) is 12.1 Å². The molecular weight excluding hydrogens is 248 g/mol. The third kappa shape index (κ3) is 2.20. The summed E-state index contributed by atoms with van der Waals surface area (Å²) in [6.45, 7) is 0.692. The molecule has 1 saturated heterocycles. The van der Waals surface area contributed by atoms with Gasteiger partial charge in [-0.05, 0) is 35.4 Å². The fourth-order valence-electron chi connectivity index (χ4n) is 2.43. The molecule has 0 spiro atoms. The van der Waals surface area contributed by atoms with Crippen molar-refractivity contribution in [3.63, 3.8) is 0 Å². The minimum Gasteiger partial charge on any atom is -0.480 e. The lowest BCUT2D eigenvalue weighted by Gasteiger charge is -2.27. The van der Waals surface area contributed by atoms with E-state index in [0.717, 1.165) is 19.3 Å². The van der Waals surface area contributed by atoms with Crippen LogP contribution in [-0.2, 0) is 4.79 Å². The molecule has 3 rings (SSSR count). The second-order valence-electron chi connectivity index (χ2n) is 4.61. The van der Waals surface area contributed by atoms with Crippen molar-refractivity contribution in [2.75, 3.05) is 11.4 Å². The molecule has 3 heterocycles. The highest BCUT2D eigenvalue weighted by Gasteiger charge is 2.28. The summed E-state index contributed by atoms with van der Waals surface area (Å²) in [5.41, 5.74) is 0.547. The number of fused-ring (bicyclic) bond motifs is 1. The van der Waals surface area contributed by atoms with Crippen LogP contribution in [-0.4, -0.2) is 48.9 Å². The van der Waals surface area contributed by atoms with E-state index in [2.05, 4.69) is 20.6 Å². The number of hydrogen-bond donors (Lipinski definition) is 1. The average molecular weight is 262 g/mol. The summed E-state index contributed by atoms with van der Waals surface area (Å²) in [4.78, 5) is 13.2. The molecule has 1 N–H and O–H groups in total. The first-order valence-electron chi connectivity index (χ1n) is 6.30. The van der Waals surface area contributed by atoms with Gasteiger partial charge in [-0.25, -0.2) is 4.79 Å². The molecule has 1 atom stereocenters. The maximum Gasteiger partial charge on any atom is 0.326 e. The highest BCUT2D eigenvalue weighted by Crippen LogP contribution is 2.22. The molecule has 0 amide bonds. The average Bonchev–Trinajstić information content (AvgIpc) is 2.72. The Hall–Kier alpha value is -2.25. The van der Waals surface area contributed by atoms with Gasteiger partial charge in [-0.2, -0.15) is 0 Å². The summed E-state index contributed by atoms with van der Waals surface area (Å²) in [5, 5.41) is 24.7. The van der Waals surface area contributed by atoms with E-state index >= 15 is 0 Å². The topological polar surface area (TPSA) is 96.5 Å². The van der Waals surface area contributed by atoms with Gasteiger partial charge in [0.2, 0.25) is 0 Å². The monoisotopic (exact) mass is 262 g/mol. The minimum atomic E-state index is -0.805. The number of carboxylic acid groups (broad SMARTS) is 1. The van der Waals surface area contributed by atoms with Crippen LogP contribution < -0.4 is 4.90 Å². The van der Waals surface area contributed by atoms with Crippen LogP contribution >= 0.6 is 0 Å². The van der Waals surface area contributed by atoms with Crippen molar-refractivity contribution in [2.24, 2.45) is 0 Å². The minimum absolute atomic E-state index is 0.524. The third-order valence-corrected chi connectivity index (χ3v) is 3.39. The molecule has 0 aromatic carbocycles. The van der Waals surface area contributed by atoms with E-state index in [1.807, 2.05) is 4.90 Å². The summed E-state index contributed by atoms with van der Waals surface area (Å²) in [5.74, 6) is -0.199. The van der Waals surface area contributed by atoms with Crippen molar-refractivity contribution >= 4 is 17.4 Å². The van der Waals surface area contributed by atoms with Crippen LogP contribution in [0.15, 0.2) is 12.1 Å². The first-order valence-corrected chi connectivity index (χ1v) is 6.30. The van der Waals surface area contributed by atoms with Gasteiger partial charge in [-0.15, -0.1) is 14.8 Å². The van der Waals surface area contributed by atoms with Gasteiger partial charge in [0, 0.05) is 6.54 Å². The van der Waals surface area contributed by atoms with Gasteiger partial charge in [0.25, 0.3) is 0 Å². The van der Waals surface area contributed by atoms with Crippen LogP contribution in [0, 0.1) is 0 Å². The molecular formula is C11H14N6O2. The van der Waals surface area contributed by atoms with Crippen LogP contribution in [0.2, 0.25) is 0 Å². The summed E-state index contributed by atoms with van der Waals surface area (Å²) in [6, 6.07) is 2.99. The first kappa shape index (κ1) is 11.8. The standard InChI is InChI=1S/C11H14N6O2/c18-11(19)8-4-2-1-3-7-16(8)10-6-5-9-12-14-15-17(9)13-10/h5-6,8H,1-4,7H2,(H,18,19). The number of anilines is 1. The maximum atomic E-state index is 11.4. The quantitative estimate of drug-likeness (QED) is 0.834. The first-order chi connectivity index (χ1) is 9.25. The number of tetrazole rings is 1. The van der Waals surface area contributed by atoms with E-state index in [1.165, 1.54) is 4.63 Å². The Balaban J connectivity index is 1.98. The van der Waals surface area contributed by atoms with Gasteiger partial charge in [0.05, 0.1) is 0 Å². The van der Waals surface area contributed by atoms with Gasteiger partial charge in [0.15, 0.2) is 11.5 Å². The molecule has 1 unspecified atom stereocenters. The zero-order valence-electron chi connectivity index (χ0n) is 10.3. The van der Waals surface area contributed by atoms with Gasteiger partial charge in [-0.3, -0.25) is 0 Å². The predicted octanol–water partition coefficient (Wildman–Crippen LogP) is 0.353. The fourth-order valence-corrected chi connectivity index (χ4v) is 2.43. The van der Waals surface area contributed by atoms with Crippen LogP contribution in [0.25, 0.3) is 5.65 Å². The zero-order valence-corrected chi connectivity index (χ0v) is 10.3. The molecule has 0 aliphatic carbocycles. The SMILES string of the molecule is O=C(O)C1CCCCCN1c1ccc2nnnn2n1. The lowest BCUT2D eigenvalue weighted by Crippen LogP contribution is -2.41. The normalized spacial score (nSPS) is 20.4. The fraction of sp³-hybridized carbons (Fsp3) is 0.545. The number of rotatable bonds is 2. The van der Waals surface area contributed by atoms with Gasteiger partial charge in [-0.1, -0.05) is 12.8 Å². The van der Waals surface area contributed by atoms with Crippen LogP contribution in [0.1, 0.15) is 25.7 Å². The van der Waals surface area contributed by atoms with E-state index in [0.29, 0.717) is 24.4 Å². The number of nitrogens with zero attached hydrogens (tertiary/aromatic N) is 6. The van der Waals surface area contributed by atoms with Crippen molar-refractivity contribution in [3.8, 4) is 0 Å². The number of aromatic nitrogens is 5. The lowest BCUT2D eigenvalue weighted by atomic mass is 10.1. The second kappa shape index (κ2) is 4.79. The number of carboxylic acids is 1. The summed E-state index contributed by atoms with van der Waals surface area (Å²) >= 11 is 0. The Morgan fingerprint density at radius 2 is 2.21 bits per heavy atom.